The number of nitrogens with zero attached hydrogens (tertiary/aromatic N) is 2. The number of carbonyl (C=O) groups excluding carboxylic acids is 2. The van der Waals surface area contributed by atoms with Crippen molar-refractivity contribution >= 4 is 34.1 Å². The van der Waals surface area contributed by atoms with E-state index in [1.807, 2.05) is 48.5 Å². The molecule has 1 unspecified atom stereocenters. The van der Waals surface area contributed by atoms with Gasteiger partial charge < -0.3 is 0 Å². The molecule has 1 aliphatic heterocycles. The van der Waals surface area contributed by atoms with Gasteiger partial charge in [-0.2, -0.15) is 0 Å². The summed E-state index contributed by atoms with van der Waals surface area (Å²) >= 11 is 3.54. The molecule has 0 aromatic heterocycles. The van der Waals surface area contributed by atoms with Crippen molar-refractivity contribution in [2.45, 2.75) is 6.04 Å². The average Bonchev–Trinajstić information content (AvgIpc) is 2.52. The van der Waals surface area contributed by atoms with Crippen molar-refractivity contribution in [2.75, 3.05) is 11.9 Å². The van der Waals surface area contributed by atoms with E-state index in [1.165, 1.54) is 9.80 Å². The maximum atomic E-state index is 12.4. The van der Waals surface area contributed by atoms with E-state index in [4.69, 9.17) is 0 Å². The van der Waals surface area contributed by atoms with Crippen LogP contribution in [0.2, 0.25) is 0 Å². The van der Waals surface area contributed by atoms with Crippen molar-refractivity contribution in [1.29, 1.82) is 0 Å². The molecule has 0 spiro atoms. The topological polar surface area (TPSA) is 40.6 Å². The van der Waals surface area contributed by atoms with Crippen LogP contribution in [0, 0.1) is 0 Å². The summed E-state index contributed by atoms with van der Waals surface area (Å²) < 4.78 is 0.875. The van der Waals surface area contributed by atoms with Crippen LogP contribution in [0.4, 0.5) is 10.5 Å². The minimum atomic E-state index is -0.419. The van der Waals surface area contributed by atoms with Crippen molar-refractivity contribution in [3.05, 3.63) is 64.1 Å². The summed E-state index contributed by atoms with van der Waals surface area (Å²) in [7, 11) is 1.67. The number of amides is 3. The molecular weight excluding hydrogens is 332 g/mol. The maximum absolute atomic E-state index is 12.4. The Kier molecular flexibility index (Phi) is 3.51. The Bertz CT molecular complexity index is 703. The molecule has 0 saturated heterocycles. The van der Waals surface area contributed by atoms with Gasteiger partial charge in [0.25, 0.3) is 0 Å². The van der Waals surface area contributed by atoms with Gasteiger partial charge in [-0.3, -0.25) is 14.6 Å². The zero-order valence-electron chi connectivity index (χ0n) is 11.4. The third-order valence-electron chi connectivity index (χ3n) is 3.68. The number of benzene rings is 2. The lowest BCUT2D eigenvalue weighted by Crippen LogP contribution is -2.47. The van der Waals surface area contributed by atoms with Crippen molar-refractivity contribution < 1.29 is 9.59 Å². The molecule has 1 aliphatic rings. The van der Waals surface area contributed by atoms with Gasteiger partial charge in [-0.05, 0) is 17.7 Å². The highest BCUT2D eigenvalue weighted by molar-refractivity contribution is 9.10. The van der Waals surface area contributed by atoms with Crippen molar-refractivity contribution in [1.82, 2.24) is 4.90 Å². The van der Waals surface area contributed by atoms with Crippen LogP contribution in [-0.4, -0.2) is 24.4 Å². The summed E-state index contributed by atoms with van der Waals surface area (Å²) in [5.74, 6) is 0. The first-order valence-corrected chi connectivity index (χ1v) is 7.29. The molecule has 1 heterocycles. The summed E-state index contributed by atoms with van der Waals surface area (Å²) in [6, 6.07) is 14.5. The highest BCUT2D eigenvalue weighted by Crippen LogP contribution is 2.42. The first-order valence-electron chi connectivity index (χ1n) is 6.50. The van der Waals surface area contributed by atoms with Gasteiger partial charge in [-0.1, -0.05) is 52.3 Å². The molecule has 0 fully saturated rings. The second-order valence-electron chi connectivity index (χ2n) is 4.84. The number of anilines is 1. The lowest BCUT2D eigenvalue weighted by molar-refractivity contribution is -0.116. The molecule has 0 N–H and O–H groups in total. The predicted molar refractivity (Wildman–Crippen MR) is 84.1 cm³/mol. The Balaban J connectivity index is 2.28. The van der Waals surface area contributed by atoms with E-state index in [0.29, 0.717) is 6.41 Å². The van der Waals surface area contributed by atoms with Gasteiger partial charge in [-0.15, -0.1) is 0 Å². The lowest BCUT2D eigenvalue weighted by atomic mass is 9.94. The summed E-state index contributed by atoms with van der Waals surface area (Å²) in [4.78, 5) is 26.6. The predicted octanol–water partition coefficient (Wildman–Crippen LogP) is 3.57. The SMILES string of the molecule is CN1C(=O)N(C=O)C(c2ccccc2)c2c(Br)cccc21. The molecule has 0 aliphatic carbocycles. The van der Waals surface area contributed by atoms with E-state index in [9.17, 15) is 9.59 Å². The van der Waals surface area contributed by atoms with E-state index in [0.717, 1.165) is 21.3 Å². The van der Waals surface area contributed by atoms with E-state index in [-0.39, 0.29) is 6.03 Å². The molecule has 21 heavy (non-hydrogen) atoms. The number of halogens is 1. The lowest BCUT2D eigenvalue weighted by Gasteiger charge is -2.38. The Labute approximate surface area is 131 Å². The quantitative estimate of drug-likeness (QED) is 0.781. The van der Waals surface area contributed by atoms with Crippen LogP contribution in [0.1, 0.15) is 17.2 Å². The standard InChI is InChI=1S/C16H13BrN2O2/c1-18-13-9-5-8-12(17)14(13)15(19(10-20)16(18)21)11-6-3-2-4-7-11/h2-10,15H,1H3. The number of carbonyl (C=O) groups is 2. The largest absolute Gasteiger partial charge is 0.331 e. The monoisotopic (exact) mass is 344 g/mol. The van der Waals surface area contributed by atoms with E-state index >= 15 is 0 Å². The van der Waals surface area contributed by atoms with Gasteiger partial charge >= 0.3 is 6.03 Å². The van der Waals surface area contributed by atoms with Crippen molar-refractivity contribution in [3.8, 4) is 0 Å². The molecular formula is C16H13BrN2O2. The average molecular weight is 345 g/mol. The normalized spacial score (nSPS) is 17.6. The zero-order chi connectivity index (χ0) is 15.0. The smallest absolute Gasteiger partial charge is 0.297 e. The number of hydrogen-bond acceptors (Lipinski definition) is 2. The van der Waals surface area contributed by atoms with Crippen LogP contribution >= 0.6 is 15.9 Å². The Hall–Kier alpha value is -2.14. The minimum absolute atomic E-state index is 0.329. The molecule has 2 aromatic carbocycles. The van der Waals surface area contributed by atoms with Crippen LogP contribution < -0.4 is 4.90 Å². The Morgan fingerprint density at radius 2 is 1.81 bits per heavy atom. The summed E-state index contributed by atoms with van der Waals surface area (Å²) in [5.41, 5.74) is 2.62. The number of hydrogen-bond donors (Lipinski definition) is 0. The molecule has 5 heteroatoms. The molecule has 106 valence electrons. The molecule has 3 rings (SSSR count). The fraction of sp³-hybridized carbons (Fsp3) is 0.125. The number of imide groups is 1. The van der Waals surface area contributed by atoms with Gasteiger partial charge in [0.15, 0.2) is 0 Å². The van der Waals surface area contributed by atoms with Crippen LogP contribution in [0.3, 0.4) is 0 Å². The minimum Gasteiger partial charge on any atom is -0.297 e. The fourth-order valence-corrected chi connectivity index (χ4v) is 3.26. The van der Waals surface area contributed by atoms with Crippen LogP contribution in [0.15, 0.2) is 53.0 Å². The van der Waals surface area contributed by atoms with Gasteiger partial charge in [0.05, 0.1) is 11.7 Å². The first kappa shape index (κ1) is 13.8. The second kappa shape index (κ2) is 5.33. The summed E-state index contributed by atoms with van der Waals surface area (Å²) in [6.45, 7) is 0. The van der Waals surface area contributed by atoms with E-state index in [2.05, 4.69) is 15.9 Å². The van der Waals surface area contributed by atoms with E-state index < -0.39 is 6.04 Å². The van der Waals surface area contributed by atoms with Crippen LogP contribution in [0.5, 0.6) is 0 Å². The van der Waals surface area contributed by atoms with Gasteiger partial charge in [0.1, 0.15) is 0 Å². The molecule has 2 aromatic rings. The van der Waals surface area contributed by atoms with Gasteiger partial charge in [0.2, 0.25) is 6.41 Å². The third kappa shape index (κ3) is 2.14. The van der Waals surface area contributed by atoms with Crippen LogP contribution in [0.25, 0.3) is 0 Å². The molecule has 0 radical (unpaired) electrons. The van der Waals surface area contributed by atoms with E-state index in [1.54, 1.807) is 7.05 Å². The molecule has 0 saturated carbocycles. The van der Waals surface area contributed by atoms with Crippen LogP contribution in [-0.2, 0) is 4.79 Å². The molecule has 3 amide bonds. The highest BCUT2D eigenvalue weighted by Gasteiger charge is 2.37. The molecule has 0 bridgehead atoms. The Morgan fingerprint density at radius 3 is 2.48 bits per heavy atom. The highest BCUT2D eigenvalue weighted by atomic mass is 79.9. The maximum Gasteiger partial charge on any atom is 0.331 e. The van der Waals surface area contributed by atoms with Crippen molar-refractivity contribution in [2.24, 2.45) is 0 Å². The second-order valence-corrected chi connectivity index (χ2v) is 5.69. The van der Waals surface area contributed by atoms with Gasteiger partial charge in [0, 0.05) is 17.1 Å². The summed E-state index contributed by atoms with van der Waals surface area (Å²) in [6.07, 6.45) is 0.596. The first-order chi connectivity index (χ1) is 10.1. The van der Waals surface area contributed by atoms with Gasteiger partial charge in [-0.25, -0.2) is 4.79 Å². The Morgan fingerprint density at radius 1 is 1.10 bits per heavy atom. The third-order valence-corrected chi connectivity index (χ3v) is 4.37. The number of urea groups is 1. The van der Waals surface area contributed by atoms with Crippen molar-refractivity contribution in [3.63, 3.8) is 0 Å². The summed E-state index contributed by atoms with van der Waals surface area (Å²) in [5, 5.41) is 0. The fourth-order valence-electron chi connectivity index (χ4n) is 2.68. The zero-order valence-corrected chi connectivity index (χ0v) is 12.9. The molecule has 4 nitrogen and oxygen atoms in total. The number of rotatable bonds is 2. The number of fused-ring (bicyclic) bond motifs is 1. The molecule has 1 atom stereocenters.